The number of carbonyl (C=O) groups excluding carboxylic acids is 3. The van der Waals surface area contributed by atoms with Crippen LogP contribution >= 0.6 is 57.7 Å². The first-order valence-electron chi connectivity index (χ1n) is 9.51. The third kappa shape index (κ3) is 3.14. The number of hydrogen-bond acceptors (Lipinski definition) is 4. The highest BCUT2D eigenvalue weighted by molar-refractivity contribution is 7.10. The van der Waals surface area contributed by atoms with Gasteiger partial charge in [0, 0.05) is 10.6 Å². The van der Waals surface area contributed by atoms with Crippen LogP contribution in [0.15, 0.2) is 35.7 Å². The number of aryl methyl sites for hydroxylation is 1. The molecule has 5 nitrogen and oxygen atoms in total. The van der Waals surface area contributed by atoms with Crippen molar-refractivity contribution in [3.05, 3.63) is 83.2 Å². The maximum atomic E-state index is 14.3. The highest BCUT2D eigenvalue weighted by Gasteiger charge is 2.58. The fourth-order valence-electron chi connectivity index (χ4n) is 4.11. The number of fused-ring (bicyclic) bond motifs is 1. The molecule has 0 spiro atoms. The van der Waals surface area contributed by atoms with E-state index in [9.17, 15) is 18.8 Å². The molecular weight excluding hydrogens is 533 g/mol. The summed E-state index contributed by atoms with van der Waals surface area (Å²) in [6.45, 7) is 1.61. The lowest BCUT2D eigenvalue weighted by molar-refractivity contribution is -0.130. The van der Waals surface area contributed by atoms with Gasteiger partial charge in [0.2, 0.25) is 0 Å². The Balaban J connectivity index is 1.62. The Bertz CT molecular complexity index is 1330. The van der Waals surface area contributed by atoms with Crippen LogP contribution in [0.1, 0.15) is 37.2 Å². The van der Waals surface area contributed by atoms with Crippen molar-refractivity contribution in [1.82, 2.24) is 4.90 Å². The Morgan fingerprint density at radius 3 is 1.97 bits per heavy atom. The van der Waals surface area contributed by atoms with Crippen LogP contribution < -0.4 is 4.90 Å². The number of nitrogens with zero attached hydrogens (tertiary/aromatic N) is 2. The van der Waals surface area contributed by atoms with E-state index in [0.717, 1.165) is 4.90 Å². The Kier molecular flexibility index (Phi) is 5.46. The number of halogens is 5. The van der Waals surface area contributed by atoms with E-state index in [0.29, 0.717) is 16.1 Å². The van der Waals surface area contributed by atoms with Crippen molar-refractivity contribution < 1.29 is 18.8 Å². The van der Waals surface area contributed by atoms with Gasteiger partial charge in [-0.3, -0.25) is 24.2 Å². The second-order valence-electron chi connectivity index (χ2n) is 7.53. The van der Waals surface area contributed by atoms with E-state index in [1.807, 2.05) is 0 Å². The van der Waals surface area contributed by atoms with Gasteiger partial charge in [0.15, 0.2) is 0 Å². The van der Waals surface area contributed by atoms with Crippen molar-refractivity contribution in [2.45, 2.75) is 19.0 Å². The molecular formula is C22H11Cl4FN2O3S. The maximum absolute atomic E-state index is 14.3. The van der Waals surface area contributed by atoms with E-state index >= 15 is 0 Å². The first kappa shape index (κ1) is 22.6. The van der Waals surface area contributed by atoms with Crippen LogP contribution in [-0.4, -0.2) is 28.7 Å². The molecule has 0 aliphatic carbocycles. The summed E-state index contributed by atoms with van der Waals surface area (Å²) >= 11 is 26.0. The number of anilines is 1. The number of thiophene rings is 1. The summed E-state index contributed by atoms with van der Waals surface area (Å²) in [5.74, 6) is -2.61. The van der Waals surface area contributed by atoms with Crippen LogP contribution in [0, 0.1) is 12.7 Å². The number of benzene rings is 2. The van der Waals surface area contributed by atoms with E-state index in [4.69, 9.17) is 46.4 Å². The minimum Gasteiger partial charge on any atom is -0.299 e. The maximum Gasteiger partial charge on any atom is 0.264 e. The van der Waals surface area contributed by atoms with Gasteiger partial charge < -0.3 is 0 Å². The molecule has 5 rings (SSSR count). The molecule has 11 heteroatoms. The summed E-state index contributed by atoms with van der Waals surface area (Å²) in [5.41, 5.74) is 0.350. The second kappa shape index (κ2) is 7.96. The summed E-state index contributed by atoms with van der Waals surface area (Å²) in [4.78, 5) is 42.9. The molecule has 3 amide bonds. The Morgan fingerprint density at radius 1 is 0.848 bits per heavy atom. The van der Waals surface area contributed by atoms with Gasteiger partial charge in [0.05, 0.1) is 31.2 Å². The molecule has 2 aromatic carbocycles. The molecule has 1 aromatic heterocycles. The average molecular weight is 544 g/mol. The molecule has 0 N–H and O–H groups in total. The van der Waals surface area contributed by atoms with Gasteiger partial charge in [-0.2, -0.15) is 0 Å². The predicted octanol–water partition coefficient (Wildman–Crippen LogP) is 6.56. The van der Waals surface area contributed by atoms with Crippen molar-refractivity contribution in [3.8, 4) is 0 Å². The Morgan fingerprint density at radius 2 is 1.45 bits per heavy atom. The topological polar surface area (TPSA) is 57.7 Å². The highest BCUT2D eigenvalue weighted by Crippen LogP contribution is 2.49. The number of carbonyl (C=O) groups is 3. The van der Waals surface area contributed by atoms with Crippen molar-refractivity contribution in [1.29, 1.82) is 0 Å². The van der Waals surface area contributed by atoms with E-state index in [-0.39, 0.29) is 31.2 Å². The van der Waals surface area contributed by atoms with Gasteiger partial charge in [-0.05, 0) is 36.1 Å². The normalized spacial score (nSPS) is 19.9. The van der Waals surface area contributed by atoms with Crippen molar-refractivity contribution >= 4 is 81.1 Å². The first-order valence-corrected chi connectivity index (χ1v) is 11.9. The third-order valence-electron chi connectivity index (χ3n) is 5.75. The molecule has 3 aromatic rings. The minimum absolute atomic E-state index is 0.156. The molecule has 1 saturated heterocycles. The number of hydrogen-bond donors (Lipinski definition) is 0. The zero-order chi connectivity index (χ0) is 23.8. The van der Waals surface area contributed by atoms with Crippen molar-refractivity contribution in [3.63, 3.8) is 0 Å². The van der Waals surface area contributed by atoms with Crippen LogP contribution in [0.3, 0.4) is 0 Å². The molecule has 0 saturated carbocycles. The summed E-state index contributed by atoms with van der Waals surface area (Å²) in [5, 5.41) is 1.07. The number of rotatable bonds is 3. The van der Waals surface area contributed by atoms with Crippen LogP contribution in [0.2, 0.25) is 20.1 Å². The first-order chi connectivity index (χ1) is 15.6. The lowest BCUT2D eigenvalue weighted by Crippen LogP contribution is -2.67. The Hall–Kier alpha value is -2.16. The van der Waals surface area contributed by atoms with Gasteiger partial charge >= 0.3 is 0 Å². The molecule has 1 fully saturated rings. The van der Waals surface area contributed by atoms with Crippen LogP contribution in [0.25, 0.3) is 0 Å². The summed E-state index contributed by atoms with van der Waals surface area (Å²) in [6.07, 6.45) is 0. The molecule has 2 aliphatic rings. The smallest absolute Gasteiger partial charge is 0.264 e. The molecule has 168 valence electrons. The minimum atomic E-state index is -1.18. The number of amides is 3. The molecule has 0 unspecified atom stereocenters. The van der Waals surface area contributed by atoms with Gasteiger partial charge in [0.25, 0.3) is 17.7 Å². The second-order valence-corrected chi connectivity index (χ2v) is 10.0. The van der Waals surface area contributed by atoms with E-state index in [2.05, 4.69) is 0 Å². The van der Waals surface area contributed by atoms with Crippen LogP contribution in [0.5, 0.6) is 0 Å². The molecule has 0 radical (unpaired) electrons. The predicted molar refractivity (Wildman–Crippen MR) is 126 cm³/mol. The Labute approximate surface area is 211 Å². The molecule has 2 aliphatic heterocycles. The fourth-order valence-corrected chi connectivity index (χ4v) is 5.97. The quantitative estimate of drug-likeness (QED) is 0.163. The van der Waals surface area contributed by atoms with Gasteiger partial charge in [-0.1, -0.05) is 58.5 Å². The molecule has 0 bridgehead atoms. The van der Waals surface area contributed by atoms with Crippen LogP contribution in [-0.2, 0) is 4.79 Å². The van der Waals surface area contributed by atoms with Crippen molar-refractivity contribution in [2.75, 3.05) is 4.90 Å². The van der Waals surface area contributed by atoms with E-state index in [1.165, 1.54) is 22.3 Å². The zero-order valence-corrected chi connectivity index (χ0v) is 20.4. The van der Waals surface area contributed by atoms with Gasteiger partial charge in [-0.15, -0.1) is 11.3 Å². The number of imide groups is 1. The lowest BCUT2D eigenvalue weighted by Gasteiger charge is -2.49. The SMILES string of the molecule is Cc1ccc(N2C(=O)[C@@H](N3C(=O)c4c(Cl)c(Cl)c(Cl)c(Cl)c4C3=O)[C@@H]2c2cccs2)cc1F. The highest BCUT2D eigenvalue weighted by atomic mass is 35.5. The summed E-state index contributed by atoms with van der Waals surface area (Å²) in [6, 6.07) is 6.09. The molecule has 2 atom stereocenters. The summed E-state index contributed by atoms with van der Waals surface area (Å²) in [7, 11) is 0. The average Bonchev–Trinajstić information content (AvgIpc) is 3.39. The standard InChI is InChI=1S/C22H11Cl4FN2O3S/c1-8-4-5-9(7-10(8)27)28-18(11-3-2-6-33-11)19(22(28)32)29-20(30)12-13(21(29)31)15(24)17(26)16(25)14(12)23/h2-7,18-19H,1H3/t18-,19-/m0/s1. The van der Waals surface area contributed by atoms with E-state index in [1.54, 1.807) is 36.6 Å². The molecule has 3 heterocycles. The fraction of sp³-hybridized carbons (Fsp3) is 0.136. The summed E-state index contributed by atoms with van der Waals surface area (Å²) < 4.78 is 14.3. The van der Waals surface area contributed by atoms with Gasteiger partial charge in [-0.25, -0.2) is 4.39 Å². The third-order valence-corrected chi connectivity index (χ3v) is 8.49. The zero-order valence-electron chi connectivity index (χ0n) is 16.5. The van der Waals surface area contributed by atoms with Crippen LogP contribution in [0.4, 0.5) is 10.1 Å². The number of β-lactam (4-membered cyclic amide) rings is 1. The monoisotopic (exact) mass is 542 g/mol. The largest absolute Gasteiger partial charge is 0.299 e. The molecule has 33 heavy (non-hydrogen) atoms. The lowest BCUT2D eigenvalue weighted by atomic mass is 9.90. The van der Waals surface area contributed by atoms with Gasteiger partial charge in [0.1, 0.15) is 17.9 Å². The van der Waals surface area contributed by atoms with E-state index < -0.39 is 35.6 Å². The van der Waals surface area contributed by atoms with Crippen molar-refractivity contribution in [2.24, 2.45) is 0 Å².